The fourth-order valence-corrected chi connectivity index (χ4v) is 2.53. The zero-order chi connectivity index (χ0) is 18.8. The van der Waals surface area contributed by atoms with Crippen LogP contribution in [0.1, 0.15) is 10.4 Å². The lowest BCUT2D eigenvalue weighted by Gasteiger charge is -2.09. The second-order valence-electron chi connectivity index (χ2n) is 5.38. The number of nitro groups is 2. The summed E-state index contributed by atoms with van der Waals surface area (Å²) in [5, 5.41) is 35.4. The van der Waals surface area contributed by atoms with Crippen LogP contribution in [-0.4, -0.2) is 20.9 Å². The average Bonchev–Trinajstić information content (AvgIpc) is 2.62. The first-order valence-electron chi connectivity index (χ1n) is 7.33. The van der Waals surface area contributed by atoms with E-state index in [0.717, 1.165) is 18.2 Å². The number of carbonyl (C=O) groups is 1. The molecule has 9 heteroatoms. The molecule has 0 fully saturated rings. The number of carbonyl (C=O) groups excluding carboxylic acids is 1. The molecule has 3 aromatic rings. The van der Waals surface area contributed by atoms with E-state index < -0.39 is 27.1 Å². The van der Waals surface area contributed by atoms with Crippen LogP contribution in [0.15, 0.2) is 54.6 Å². The SMILES string of the molecule is O=C(Nc1cccc2c(O)cccc12)c1cc([N+](=O)[O-])cc([N+](=O)[O-])c1. The van der Waals surface area contributed by atoms with Gasteiger partial charge in [-0.1, -0.05) is 24.3 Å². The van der Waals surface area contributed by atoms with Crippen molar-refractivity contribution in [1.82, 2.24) is 0 Å². The normalized spacial score (nSPS) is 10.5. The Balaban J connectivity index is 2.02. The van der Waals surface area contributed by atoms with Gasteiger partial charge >= 0.3 is 0 Å². The van der Waals surface area contributed by atoms with Gasteiger partial charge in [0.15, 0.2) is 0 Å². The molecule has 1 amide bonds. The molecule has 0 saturated heterocycles. The number of nitrogens with zero attached hydrogens (tertiary/aromatic N) is 2. The lowest BCUT2D eigenvalue weighted by molar-refractivity contribution is -0.394. The van der Waals surface area contributed by atoms with Crippen LogP contribution in [0.5, 0.6) is 5.75 Å². The van der Waals surface area contributed by atoms with Crippen molar-refractivity contribution in [3.8, 4) is 5.75 Å². The van der Waals surface area contributed by atoms with E-state index in [9.17, 15) is 30.1 Å². The first-order valence-corrected chi connectivity index (χ1v) is 7.33. The Hall–Kier alpha value is -4.01. The van der Waals surface area contributed by atoms with Gasteiger partial charge in [0.2, 0.25) is 0 Å². The summed E-state index contributed by atoms with van der Waals surface area (Å²) in [6.07, 6.45) is 0. The summed E-state index contributed by atoms with van der Waals surface area (Å²) in [6, 6.07) is 12.4. The molecule has 0 atom stereocenters. The Labute approximate surface area is 145 Å². The highest BCUT2D eigenvalue weighted by Crippen LogP contribution is 2.30. The number of fused-ring (bicyclic) bond motifs is 1. The first kappa shape index (κ1) is 16.8. The monoisotopic (exact) mass is 353 g/mol. The van der Waals surface area contributed by atoms with Crippen LogP contribution in [0.25, 0.3) is 10.8 Å². The third kappa shape index (κ3) is 3.13. The van der Waals surface area contributed by atoms with Gasteiger partial charge in [-0.15, -0.1) is 0 Å². The molecular formula is C17H11N3O6. The lowest BCUT2D eigenvalue weighted by Crippen LogP contribution is -2.13. The lowest BCUT2D eigenvalue weighted by atomic mass is 10.1. The molecule has 0 spiro atoms. The molecule has 0 saturated carbocycles. The molecular weight excluding hydrogens is 342 g/mol. The maximum atomic E-state index is 12.5. The quantitative estimate of drug-likeness (QED) is 0.543. The summed E-state index contributed by atoms with van der Waals surface area (Å²) in [5.41, 5.74) is -0.972. The fraction of sp³-hybridized carbons (Fsp3) is 0. The van der Waals surface area contributed by atoms with Gasteiger partial charge in [-0.3, -0.25) is 25.0 Å². The number of hydrogen-bond acceptors (Lipinski definition) is 6. The Morgan fingerprint density at radius 1 is 0.885 bits per heavy atom. The van der Waals surface area contributed by atoms with E-state index in [4.69, 9.17) is 0 Å². The van der Waals surface area contributed by atoms with Gasteiger partial charge in [0.05, 0.1) is 21.5 Å². The molecule has 0 aromatic heterocycles. The first-order chi connectivity index (χ1) is 12.4. The highest BCUT2D eigenvalue weighted by Gasteiger charge is 2.20. The van der Waals surface area contributed by atoms with E-state index in [0.29, 0.717) is 16.5 Å². The van der Waals surface area contributed by atoms with Gasteiger partial charge in [-0.05, 0) is 12.1 Å². The number of rotatable bonds is 4. The predicted molar refractivity (Wildman–Crippen MR) is 93.3 cm³/mol. The summed E-state index contributed by atoms with van der Waals surface area (Å²) in [5.74, 6) is -0.711. The maximum Gasteiger partial charge on any atom is 0.277 e. The number of amides is 1. The number of hydrogen-bond donors (Lipinski definition) is 2. The molecule has 0 aliphatic carbocycles. The topological polar surface area (TPSA) is 136 Å². The van der Waals surface area contributed by atoms with Gasteiger partial charge < -0.3 is 10.4 Å². The van der Waals surface area contributed by atoms with Gasteiger partial charge in [-0.25, -0.2) is 0 Å². The predicted octanol–water partition coefficient (Wildman–Crippen LogP) is 3.61. The molecule has 0 unspecified atom stereocenters. The van der Waals surface area contributed by atoms with E-state index in [1.807, 2.05) is 0 Å². The average molecular weight is 353 g/mol. The van der Waals surface area contributed by atoms with Crippen molar-refractivity contribution >= 4 is 33.7 Å². The standard InChI is InChI=1S/C17H11N3O6/c21-16-6-2-3-13-14(16)4-1-5-15(13)18-17(22)10-7-11(19(23)24)9-12(8-10)20(25)26/h1-9,21H,(H,18,22). The Kier molecular flexibility index (Phi) is 4.19. The largest absolute Gasteiger partial charge is 0.507 e. The van der Waals surface area contributed by atoms with Crippen LogP contribution >= 0.6 is 0 Å². The smallest absolute Gasteiger partial charge is 0.277 e. The van der Waals surface area contributed by atoms with Crippen LogP contribution in [0.3, 0.4) is 0 Å². The maximum absolute atomic E-state index is 12.5. The van der Waals surface area contributed by atoms with Crippen LogP contribution in [0.4, 0.5) is 17.1 Å². The van der Waals surface area contributed by atoms with Crippen molar-refractivity contribution in [1.29, 1.82) is 0 Å². The Morgan fingerprint density at radius 2 is 1.46 bits per heavy atom. The summed E-state index contributed by atoms with van der Waals surface area (Å²) in [7, 11) is 0. The Morgan fingerprint density at radius 3 is 2.08 bits per heavy atom. The van der Waals surface area contributed by atoms with Crippen molar-refractivity contribution in [2.45, 2.75) is 0 Å². The number of nitro benzene ring substituents is 2. The molecule has 0 radical (unpaired) electrons. The Bertz CT molecular complexity index is 1030. The van der Waals surface area contributed by atoms with Crippen molar-refractivity contribution in [2.24, 2.45) is 0 Å². The molecule has 3 rings (SSSR count). The number of non-ortho nitro benzene ring substituents is 2. The number of phenols is 1. The number of aromatic hydroxyl groups is 1. The zero-order valence-electron chi connectivity index (χ0n) is 13.1. The molecule has 0 heterocycles. The molecule has 3 aromatic carbocycles. The minimum atomic E-state index is -0.806. The number of benzene rings is 3. The van der Waals surface area contributed by atoms with Crippen LogP contribution < -0.4 is 5.32 Å². The van der Waals surface area contributed by atoms with Gasteiger partial charge in [0.1, 0.15) is 5.75 Å². The molecule has 130 valence electrons. The zero-order valence-corrected chi connectivity index (χ0v) is 13.1. The highest BCUT2D eigenvalue weighted by molar-refractivity contribution is 6.10. The van der Waals surface area contributed by atoms with Crippen molar-refractivity contribution < 1.29 is 19.7 Å². The third-order valence-electron chi connectivity index (χ3n) is 3.73. The van der Waals surface area contributed by atoms with Crippen LogP contribution in [0, 0.1) is 20.2 Å². The third-order valence-corrected chi connectivity index (χ3v) is 3.73. The fourth-order valence-electron chi connectivity index (χ4n) is 2.53. The van der Waals surface area contributed by atoms with Crippen molar-refractivity contribution in [3.05, 3.63) is 80.4 Å². The minimum absolute atomic E-state index is 0.0320. The molecule has 0 aliphatic rings. The number of nitrogens with one attached hydrogen (secondary N) is 1. The van der Waals surface area contributed by atoms with E-state index >= 15 is 0 Å². The second-order valence-corrected chi connectivity index (χ2v) is 5.38. The summed E-state index contributed by atoms with van der Waals surface area (Å²) in [6.45, 7) is 0. The number of phenolic OH excluding ortho intramolecular Hbond substituents is 1. The van der Waals surface area contributed by atoms with Gasteiger partial charge in [-0.2, -0.15) is 0 Å². The highest BCUT2D eigenvalue weighted by atomic mass is 16.6. The molecule has 9 nitrogen and oxygen atoms in total. The summed E-state index contributed by atoms with van der Waals surface area (Å²) in [4.78, 5) is 32.8. The van der Waals surface area contributed by atoms with E-state index in [1.54, 1.807) is 30.3 Å². The molecule has 0 aliphatic heterocycles. The van der Waals surface area contributed by atoms with Crippen molar-refractivity contribution in [3.63, 3.8) is 0 Å². The van der Waals surface area contributed by atoms with E-state index in [-0.39, 0.29) is 11.3 Å². The van der Waals surface area contributed by atoms with E-state index in [2.05, 4.69) is 5.32 Å². The summed E-state index contributed by atoms with van der Waals surface area (Å²) >= 11 is 0. The molecule has 2 N–H and O–H groups in total. The van der Waals surface area contributed by atoms with Crippen molar-refractivity contribution in [2.75, 3.05) is 5.32 Å². The minimum Gasteiger partial charge on any atom is -0.507 e. The van der Waals surface area contributed by atoms with Gasteiger partial charge in [0.25, 0.3) is 17.3 Å². The molecule has 26 heavy (non-hydrogen) atoms. The second kappa shape index (κ2) is 6.48. The summed E-state index contributed by atoms with van der Waals surface area (Å²) < 4.78 is 0. The van der Waals surface area contributed by atoms with Gasteiger partial charge in [0, 0.05) is 28.6 Å². The number of anilines is 1. The molecule has 0 bridgehead atoms. The van der Waals surface area contributed by atoms with Crippen LogP contribution in [0.2, 0.25) is 0 Å². The van der Waals surface area contributed by atoms with E-state index in [1.165, 1.54) is 6.07 Å². The van der Waals surface area contributed by atoms with Crippen LogP contribution in [-0.2, 0) is 0 Å².